The normalized spacial score (nSPS) is 13.0. The summed E-state index contributed by atoms with van der Waals surface area (Å²) in [4.78, 5) is 28.0. The Morgan fingerprint density at radius 1 is 0.696 bits per heavy atom. The van der Waals surface area contributed by atoms with E-state index in [0.717, 1.165) is 74.8 Å². The first-order chi connectivity index (χ1) is 27.2. The number of rotatable bonds is 12. The monoisotopic (exact) mass is 743 g/mol. The summed E-state index contributed by atoms with van der Waals surface area (Å²) in [5.41, 5.74) is 10.7. The standard InChI is InChI=1S/C49H49N3O4/c1-33(2)45-7-5-6-8-46(45)51-47-31-41(22-11-35(47)4)50-48(53)39-18-16-37(17-19-39)38-20-25-42(26-21-38)55-32-36-12-23-43(24-13-36)56-44-27-29-52(30-28-44)49(54)40-14-9-34(3)10-15-40/h5-26,31,33,44,51H,27-30,32H2,1-4H3,(H,50,53). The number of benzene rings is 6. The van der Waals surface area contributed by atoms with Crippen LogP contribution in [0.5, 0.6) is 11.5 Å². The summed E-state index contributed by atoms with van der Waals surface area (Å²) in [6, 6.07) is 45.7. The molecule has 0 aliphatic carbocycles. The highest BCUT2D eigenvalue weighted by molar-refractivity contribution is 6.04. The summed E-state index contributed by atoms with van der Waals surface area (Å²) in [5.74, 6) is 1.91. The molecule has 2 amide bonds. The molecule has 0 bridgehead atoms. The molecule has 0 unspecified atom stereocenters. The minimum Gasteiger partial charge on any atom is -0.490 e. The summed E-state index contributed by atoms with van der Waals surface area (Å²) in [5, 5.41) is 6.63. The van der Waals surface area contributed by atoms with Crippen LogP contribution in [0.4, 0.5) is 17.1 Å². The van der Waals surface area contributed by atoms with Gasteiger partial charge in [-0.05, 0) is 114 Å². The van der Waals surface area contributed by atoms with Gasteiger partial charge in [-0.1, -0.05) is 92.2 Å². The van der Waals surface area contributed by atoms with E-state index >= 15 is 0 Å². The van der Waals surface area contributed by atoms with Crippen molar-refractivity contribution in [2.75, 3.05) is 23.7 Å². The summed E-state index contributed by atoms with van der Waals surface area (Å²) in [6.07, 6.45) is 1.69. The Bertz CT molecular complexity index is 2260. The molecule has 1 saturated heterocycles. The number of carbonyl (C=O) groups excluding carboxylic acids is 2. The molecular weight excluding hydrogens is 695 g/mol. The number of carbonyl (C=O) groups is 2. The van der Waals surface area contributed by atoms with Crippen molar-refractivity contribution in [2.24, 2.45) is 0 Å². The average Bonchev–Trinajstić information content (AvgIpc) is 3.22. The topological polar surface area (TPSA) is 79.9 Å². The quantitative estimate of drug-likeness (QED) is 0.130. The molecule has 0 radical (unpaired) electrons. The first kappa shape index (κ1) is 38.0. The van der Waals surface area contributed by atoms with E-state index in [9.17, 15) is 9.59 Å². The molecular formula is C49H49N3O4. The molecule has 0 aromatic heterocycles. The Hall–Kier alpha value is -6.34. The predicted molar refractivity (Wildman–Crippen MR) is 226 cm³/mol. The maximum atomic E-state index is 13.2. The van der Waals surface area contributed by atoms with E-state index in [1.807, 2.05) is 133 Å². The lowest BCUT2D eigenvalue weighted by molar-refractivity contribution is 0.0595. The Kier molecular flexibility index (Phi) is 11.8. The number of ether oxygens (including phenoxy) is 2. The van der Waals surface area contributed by atoms with E-state index in [-0.39, 0.29) is 17.9 Å². The molecule has 0 atom stereocenters. The Morgan fingerprint density at radius 2 is 1.32 bits per heavy atom. The molecule has 6 aromatic carbocycles. The summed E-state index contributed by atoms with van der Waals surface area (Å²) >= 11 is 0. The van der Waals surface area contributed by atoms with E-state index in [4.69, 9.17) is 9.47 Å². The minimum absolute atomic E-state index is 0.0832. The fraction of sp³-hybridized carbons (Fsp3) is 0.224. The lowest BCUT2D eigenvalue weighted by Crippen LogP contribution is -2.41. The molecule has 2 N–H and O–H groups in total. The smallest absolute Gasteiger partial charge is 0.255 e. The third kappa shape index (κ3) is 9.47. The van der Waals surface area contributed by atoms with Crippen molar-refractivity contribution in [3.05, 3.63) is 173 Å². The first-order valence-electron chi connectivity index (χ1n) is 19.4. The number of hydrogen-bond donors (Lipinski definition) is 2. The molecule has 1 fully saturated rings. The molecule has 7 nitrogen and oxygen atoms in total. The van der Waals surface area contributed by atoms with Crippen LogP contribution in [-0.4, -0.2) is 35.9 Å². The van der Waals surface area contributed by atoms with Gasteiger partial charge in [0.2, 0.25) is 0 Å². The fourth-order valence-corrected chi connectivity index (χ4v) is 6.93. The number of aryl methyl sites for hydroxylation is 2. The second kappa shape index (κ2) is 17.4. The Labute approximate surface area is 330 Å². The fourth-order valence-electron chi connectivity index (χ4n) is 6.93. The Balaban J connectivity index is 0.871. The van der Waals surface area contributed by atoms with Crippen LogP contribution in [-0.2, 0) is 6.61 Å². The number of likely N-dealkylation sites (tertiary alicyclic amines) is 1. The number of para-hydroxylation sites is 1. The summed E-state index contributed by atoms with van der Waals surface area (Å²) in [6.45, 7) is 10.3. The van der Waals surface area contributed by atoms with E-state index in [2.05, 4.69) is 49.6 Å². The van der Waals surface area contributed by atoms with Crippen molar-refractivity contribution in [1.82, 2.24) is 4.90 Å². The molecule has 0 spiro atoms. The van der Waals surface area contributed by atoms with Gasteiger partial charge >= 0.3 is 0 Å². The molecule has 0 saturated carbocycles. The number of hydrogen-bond acceptors (Lipinski definition) is 5. The number of amides is 2. The summed E-state index contributed by atoms with van der Waals surface area (Å²) in [7, 11) is 0. The maximum absolute atomic E-state index is 13.2. The zero-order valence-electron chi connectivity index (χ0n) is 32.5. The van der Waals surface area contributed by atoms with Crippen LogP contribution in [0, 0.1) is 13.8 Å². The second-order valence-corrected chi connectivity index (χ2v) is 14.9. The zero-order chi connectivity index (χ0) is 39.0. The van der Waals surface area contributed by atoms with Gasteiger partial charge in [0.1, 0.15) is 24.2 Å². The second-order valence-electron chi connectivity index (χ2n) is 14.9. The van der Waals surface area contributed by atoms with Crippen molar-refractivity contribution >= 4 is 28.9 Å². The van der Waals surface area contributed by atoms with Crippen LogP contribution in [0.25, 0.3) is 11.1 Å². The highest BCUT2D eigenvalue weighted by Gasteiger charge is 2.25. The maximum Gasteiger partial charge on any atom is 0.255 e. The molecule has 1 aliphatic rings. The Morgan fingerprint density at radius 3 is 2.00 bits per heavy atom. The van der Waals surface area contributed by atoms with Crippen molar-refractivity contribution in [1.29, 1.82) is 0 Å². The van der Waals surface area contributed by atoms with Gasteiger partial charge < -0.3 is 25.0 Å². The largest absolute Gasteiger partial charge is 0.490 e. The van der Waals surface area contributed by atoms with Crippen molar-refractivity contribution in [3.8, 4) is 22.6 Å². The van der Waals surface area contributed by atoms with E-state index in [1.54, 1.807) is 0 Å². The average molecular weight is 744 g/mol. The van der Waals surface area contributed by atoms with Crippen molar-refractivity contribution in [3.63, 3.8) is 0 Å². The molecule has 1 heterocycles. The van der Waals surface area contributed by atoms with Gasteiger partial charge in [-0.15, -0.1) is 0 Å². The third-order valence-corrected chi connectivity index (χ3v) is 10.3. The lowest BCUT2D eigenvalue weighted by atomic mass is 10.0. The first-order valence-corrected chi connectivity index (χ1v) is 19.4. The van der Waals surface area contributed by atoms with E-state index in [1.165, 1.54) is 5.56 Å². The van der Waals surface area contributed by atoms with Crippen LogP contribution in [0.1, 0.15) is 75.6 Å². The van der Waals surface area contributed by atoms with Gasteiger partial charge in [0.25, 0.3) is 11.8 Å². The van der Waals surface area contributed by atoms with Gasteiger partial charge in [-0.2, -0.15) is 0 Å². The van der Waals surface area contributed by atoms with Crippen LogP contribution in [0.15, 0.2) is 140 Å². The minimum atomic E-state index is -0.162. The van der Waals surface area contributed by atoms with E-state index in [0.29, 0.717) is 31.2 Å². The van der Waals surface area contributed by atoms with Gasteiger partial charge in [0.05, 0.1) is 0 Å². The van der Waals surface area contributed by atoms with Gasteiger partial charge in [0, 0.05) is 54.1 Å². The molecule has 7 heteroatoms. The van der Waals surface area contributed by atoms with Crippen LogP contribution in [0.2, 0.25) is 0 Å². The van der Waals surface area contributed by atoms with Crippen molar-refractivity contribution < 1.29 is 19.1 Å². The number of nitrogens with one attached hydrogen (secondary N) is 2. The molecule has 6 aromatic rings. The number of piperidine rings is 1. The number of anilines is 3. The highest BCUT2D eigenvalue weighted by atomic mass is 16.5. The SMILES string of the molecule is Cc1ccc(C(=O)N2CCC(Oc3ccc(COc4ccc(-c5ccc(C(=O)Nc6ccc(C)c(Nc7ccccc7C(C)C)c6)cc5)cc4)cc3)CC2)cc1. The van der Waals surface area contributed by atoms with Crippen LogP contribution >= 0.6 is 0 Å². The zero-order valence-corrected chi connectivity index (χ0v) is 32.5. The van der Waals surface area contributed by atoms with E-state index < -0.39 is 0 Å². The van der Waals surface area contributed by atoms with Gasteiger partial charge in [-0.3, -0.25) is 9.59 Å². The van der Waals surface area contributed by atoms with Crippen LogP contribution < -0.4 is 20.1 Å². The highest BCUT2D eigenvalue weighted by Crippen LogP contribution is 2.31. The molecule has 56 heavy (non-hydrogen) atoms. The molecule has 1 aliphatic heterocycles. The van der Waals surface area contributed by atoms with Crippen LogP contribution in [0.3, 0.4) is 0 Å². The van der Waals surface area contributed by atoms with Crippen molar-refractivity contribution in [2.45, 2.75) is 59.2 Å². The van der Waals surface area contributed by atoms with Gasteiger partial charge in [-0.25, -0.2) is 0 Å². The number of nitrogens with zero attached hydrogens (tertiary/aromatic N) is 1. The predicted octanol–water partition coefficient (Wildman–Crippen LogP) is 11.4. The third-order valence-electron chi connectivity index (χ3n) is 10.3. The molecule has 284 valence electrons. The van der Waals surface area contributed by atoms with Gasteiger partial charge in [0.15, 0.2) is 0 Å². The lowest BCUT2D eigenvalue weighted by Gasteiger charge is -2.32. The summed E-state index contributed by atoms with van der Waals surface area (Å²) < 4.78 is 12.3. The molecule has 7 rings (SSSR count).